The Kier molecular flexibility index (Phi) is 6.71. The van der Waals surface area contributed by atoms with Crippen LogP contribution in [0.25, 0.3) is 0 Å². The van der Waals surface area contributed by atoms with Gasteiger partial charge < -0.3 is 10.0 Å². The maximum atomic E-state index is 11.0. The first-order valence-corrected chi connectivity index (χ1v) is 7.15. The van der Waals surface area contributed by atoms with E-state index in [2.05, 4.69) is 11.8 Å². The Labute approximate surface area is 120 Å². The zero-order valence-corrected chi connectivity index (χ0v) is 12.4. The van der Waals surface area contributed by atoms with E-state index < -0.39 is 5.97 Å². The van der Waals surface area contributed by atoms with Crippen LogP contribution < -0.4 is 4.90 Å². The van der Waals surface area contributed by atoms with E-state index in [1.807, 2.05) is 24.3 Å². The van der Waals surface area contributed by atoms with Crippen LogP contribution in [0.15, 0.2) is 24.3 Å². The van der Waals surface area contributed by atoms with Gasteiger partial charge in [-0.25, -0.2) is 0 Å². The average molecular weight is 284 g/mol. The fourth-order valence-corrected chi connectivity index (χ4v) is 2.14. The van der Waals surface area contributed by atoms with E-state index in [-0.39, 0.29) is 5.92 Å². The van der Waals surface area contributed by atoms with Gasteiger partial charge in [0.25, 0.3) is 0 Å². The van der Waals surface area contributed by atoms with Crippen LogP contribution in [0.1, 0.15) is 33.1 Å². The lowest BCUT2D eigenvalue weighted by molar-refractivity contribution is -0.140. The van der Waals surface area contributed by atoms with Crippen molar-refractivity contribution >= 4 is 23.3 Å². The van der Waals surface area contributed by atoms with Gasteiger partial charge in [-0.1, -0.05) is 44.4 Å². The summed E-state index contributed by atoms with van der Waals surface area (Å²) in [7, 11) is 0. The minimum atomic E-state index is -0.762. The van der Waals surface area contributed by atoms with E-state index in [1.165, 1.54) is 0 Å². The maximum Gasteiger partial charge on any atom is 0.308 e. The molecule has 0 radical (unpaired) electrons. The highest BCUT2D eigenvalue weighted by atomic mass is 35.5. The van der Waals surface area contributed by atoms with Gasteiger partial charge in [0.15, 0.2) is 0 Å². The molecule has 3 nitrogen and oxygen atoms in total. The largest absolute Gasteiger partial charge is 0.481 e. The molecule has 0 amide bonds. The summed E-state index contributed by atoms with van der Waals surface area (Å²) >= 11 is 6.01. The third-order valence-corrected chi connectivity index (χ3v) is 3.36. The van der Waals surface area contributed by atoms with Gasteiger partial charge in [-0.15, -0.1) is 0 Å². The number of rotatable bonds is 8. The number of benzene rings is 1. The molecule has 1 aromatic carbocycles. The molecule has 0 aromatic heterocycles. The van der Waals surface area contributed by atoms with Gasteiger partial charge in [0, 0.05) is 23.8 Å². The molecule has 1 N–H and O–H groups in total. The summed E-state index contributed by atoms with van der Waals surface area (Å²) in [6, 6.07) is 7.60. The highest BCUT2D eigenvalue weighted by Crippen LogP contribution is 2.21. The number of carboxylic acids is 1. The van der Waals surface area contributed by atoms with Gasteiger partial charge >= 0.3 is 5.97 Å². The molecule has 0 aliphatic heterocycles. The second-order valence-corrected chi connectivity index (χ2v) is 5.31. The van der Waals surface area contributed by atoms with Crippen LogP contribution in [0, 0.1) is 5.92 Å². The molecule has 19 heavy (non-hydrogen) atoms. The number of halogens is 1. The molecule has 0 aliphatic carbocycles. The minimum absolute atomic E-state index is 0.388. The van der Waals surface area contributed by atoms with Crippen LogP contribution in [-0.2, 0) is 4.79 Å². The minimum Gasteiger partial charge on any atom is -0.481 e. The predicted octanol–water partition coefficient (Wildman–Crippen LogP) is 4.06. The molecule has 0 fully saturated rings. The molecule has 0 spiro atoms. The van der Waals surface area contributed by atoms with Crippen LogP contribution in [0.5, 0.6) is 0 Å². The molecule has 4 heteroatoms. The molecule has 0 saturated heterocycles. The lowest BCUT2D eigenvalue weighted by Crippen LogP contribution is -2.32. The Hall–Kier alpha value is -1.22. The fraction of sp³-hybridized carbons (Fsp3) is 0.533. The first-order valence-electron chi connectivity index (χ1n) is 6.78. The zero-order valence-electron chi connectivity index (χ0n) is 11.6. The smallest absolute Gasteiger partial charge is 0.308 e. The molecule has 106 valence electrons. The van der Waals surface area contributed by atoms with Crippen molar-refractivity contribution in [3.05, 3.63) is 29.3 Å². The molecule has 1 aromatic rings. The number of hydrogen-bond donors (Lipinski definition) is 1. The lowest BCUT2D eigenvalue weighted by Gasteiger charge is -2.26. The second kappa shape index (κ2) is 8.05. The molecule has 0 bridgehead atoms. The number of nitrogens with zero attached hydrogens (tertiary/aromatic N) is 1. The van der Waals surface area contributed by atoms with Gasteiger partial charge in [-0.2, -0.15) is 0 Å². The van der Waals surface area contributed by atoms with Gasteiger partial charge in [0.05, 0.1) is 5.92 Å². The Bertz CT molecular complexity index is 409. The van der Waals surface area contributed by atoms with E-state index in [9.17, 15) is 4.79 Å². The molecular weight excluding hydrogens is 262 g/mol. The van der Waals surface area contributed by atoms with Crippen molar-refractivity contribution < 1.29 is 9.90 Å². The summed E-state index contributed by atoms with van der Waals surface area (Å²) in [5.74, 6) is -1.15. The Morgan fingerprint density at radius 1 is 1.42 bits per heavy atom. The summed E-state index contributed by atoms with van der Waals surface area (Å²) in [5, 5.41) is 9.73. The van der Waals surface area contributed by atoms with Crippen molar-refractivity contribution in [3.63, 3.8) is 0 Å². The number of aliphatic carboxylic acids is 1. The third-order valence-electron chi connectivity index (χ3n) is 3.12. The van der Waals surface area contributed by atoms with Crippen LogP contribution in [-0.4, -0.2) is 24.2 Å². The molecule has 0 aliphatic rings. The zero-order chi connectivity index (χ0) is 14.3. The van der Waals surface area contributed by atoms with Crippen molar-refractivity contribution in [1.29, 1.82) is 0 Å². The van der Waals surface area contributed by atoms with Gasteiger partial charge in [0.2, 0.25) is 0 Å². The van der Waals surface area contributed by atoms with E-state index in [0.29, 0.717) is 11.6 Å². The molecule has 1 rings (SSSR count). The van der Waals surface area contributed by atoms with Gasteiger partial charge in [-0.05, 0) is 24.6 Å². The topological polar surface area (TPSA) is 40.5 Å². The van der Waals surface area contributed by atoms with Crippen molar-refractivity contribution in [2.75, 3.05) is 18.0 Å². The SMILES string of the molecule is CCCCCN(CC(C)C(=O)O)c1cccc(Cl)c1. The Balaban J connectivity index is 2.76. The lowest BCUT2D eigenvalue weighted by atomic mass is 10.1. The van der Waals surface area contributed by atoms with Crippen LogP contribution in [0.3, 0.4) is 0 Å². The summed E-state index contributed by atoms with van der Waals surface area (Å²) in [6.07, 6.45) is 3.37. The van der Waals surface area contributed by atoms with E-state index in [4.69, 9.17) is 16.7 Å². The summed E-state index contributed by atoms with van der Waals surface area (Å²) < 4.78 is 0. The van der Waals surface area contributed by atoms with E-state index in [1.54, 1.807) is 6.92 Å². The van der Waals surface area contributed by atoms with Crippen LogP contribution in [0.4, 0.5) is 5.69 Å². The second-order valence-electron chi connectivity index (χ2n) is 4.87. The normalized spacial score (nSPS) is 12.2. The molecule has 0 heterocycles. The quantitative estimate of drug-likeness (QED) is 0.732. The Morgan fingerprint density at radius 2 is 2.16 bits per heavy atom. The standard InChI is InChI=1S/C15H22ClNO2/c1-3-4-5-9-17(11-12(2)15(18)19)14-8-6-7-13(16)10-14/h6-8,10,12H,3-5,9,11H2,1-2H3,(H,18,19). The number of unbranched alkanes of at least 4 members (excludes halogenated alkanes) is 2. The summed E-state index contributed by atoms with van der Waals surface area (Å²) in [6.45, 7) is 5.27. The van der Waals surface area contributed by atoms with Crippen molar-refractivity contribution in [1.82, 2.24) is 0 Å². The number of carbonyl (C=O) groups is 1. The van der Waals surface area contributed by atoms with Crippen LogP contribution in [0.2, 0.25) is 5.02 Å². The number of carboxylic acid groups (broad SMARTS) is 1. The third kappa shape index (κ3) is 5.52. The van der Waals surface area contributed by atoms with Crippen molar-refractivity contribution in [2.45, 2.75) is 33.1 Å². The highest BCUT2D eigenvalue weighted by Gasteiger charge is 2.16. The van der Waals surface area contributed by atoms with Gasteiger partial charge in [-0.3, -0.25) is 4.79 Å². The predicted molar refractivity (Wildman–Crippen MR) is 80.0 cm³/mol. The van der Waals surface area contributed by atoms with Crippen molar-refractivity contribution in [2.24, 2.45) is 5.92 Å². The molecule has 1 unspecified atom stereocenters. The molecule has 1 atom stereocenters. The van der Waals surface area contributed by atoms with Gasteiger partial charge in [0.1, 0.15) is 0 Å². The first kappa shape index (κ1) is 15.8. The van der Waals surface area contributed by atoms with Crippen molar-refractivity contribution in [3.8, 4) is 0 Å². The van der Waals surface area contributed by atoms with E-state index >= 15 is 0 Å². The average Bonchev–Trinajstić information content (AvgIpc) is 2.37. The summed E-state index contributed by atoms with van der Waals surface area (Å²) in [5.41, 5.74) is 0.997. The summed E-state index contributed by atoms with van der Waals surface area (Å²) in [4.78, 5) is 13.1. The fourth-order valence-electron chi connectivity index (χ4n) is 1.96. The monoisotopic (exact) mass is 283 g/mol. The number of anilines is 1. The highest BCUT2D eigenvalue weighted by molar-refractivity contribution is 6.30. The van der Waals surface area contributed by atoms with E-state index in [0.717, 1.165) is 31.5 Å². The molecule has 0 saturated carbocycles. The molecular formula is C15H22ClNO2. The first-order chi connectivity index (χ1) is 9.04. The maximum absolute atomic E-state index is 11.0. The Morgan fingerprint density at radius 3 is 2.74 bits per heavy atom. The number of hydrogen-bond acceptors (Lipinski definition) is 2. The van der Waals surface area contributed by atoms with Crippen LogP contribution >= 0.6 is 11.6 Å².